The molecular formula is C19H34N4O2. The average Bonchev–Trinajstić information content (AvgIpc) is 2.68. The Morgan fingerprint density at radius 3 is 2.28 bits per heavy atom. The Kier molecular flexibility index (Phi) is 6.70. The molecule has 142 valence electrons. The van der Waals surface area contributed by atoms with Crippen molar-refractivity contribution in [1.82, 2.24) is 20.0 Å². The fourth-order valence-corrected chi connectivity index (χ4v) is 4.38. The van der Waals surface area contributed by atoms with Crippen molar-refractivity contribution in [3.63, 3.8) is 0 Å². The fraction of sp³-hybridized carbons (Fsp3) is 0.895. The zero-order valence-electron chi connectivity index (χ0n) is 15.7. The fourth-order valence-electron chi connectivity index (χ4n) is 4.38. The molecule has 1 aliphatic carbocycles. The molecule has 0 bridgehead atoms. The first-order valence-electron chi connectivity index (χ1n) is 10.2. The molecule has 6 heteroatoms. The maximum absolute atomic E-state index is 12.6. The van der Waals surface area contributed by atoms with E-state index in [1.165, 1.54) is 25.7 Å². The van der Waals surface area contributed by atoms with Crippen LogP contribution in [0.5, 0.6) is 0 Å². The Labute approximate surface area is 151 Å². The Hall–Kier alpha value is -1.14. The van der Waals surface area contributed by atoms with Gasteiger partial charge in [-0.05, 0) is 32.2 Å². The van der Waals surface area contributed by atoms with Gasteiger partial charge in [-0.15, -0.1) is 0 Å². The van der Waals surface area contributed by atoms with Crippen LogP contribution < -0.4 is 5.32 Å². The number of nitrogens with zero attached hydrogens (tertiary/aromatic N) is 3. The van der Waals surface area contributed by atoms with Crippen LogP contribution in [0.4, 0.5) is 0 Å². The second-order valence-corrected chi connectivity index (χ2v) is 7.90. The van der Waals surface area contributed by atoms with Crippen LogP contribution in [-0.2, 0) is 9.59 Å². The first kappa shape index (κ1) is 18.6. The highest BCUT2D eigenvalue weighted by Crippen LogP contribution is 2.22. The second kappa shape index (κ2) is 8.99. The van der Waals surface area contributed by atoms with Gasteiger partial charge in [0.2, 0.25) is 11.8 Å². The SMILES string of the molecule is CN(C(=O)CN1CCN(C(=O)[C@H]2CCCCN2)CC1)C1CCCCC1. The summed E-state index contributed by atoms with van der Waals surface area (Å²) in [5.41, 5.74) is 0. The van der Waals surface area contributed by atoms with Gasteiger partial charge in [-0.25, -0.2) is 0 Å². The number of piperidine rings is 1. The molecule has 1 N–H and O–H groups in total. The maximum atomic E-state index is 12.6. The number of carbonyl (C=O) groups is 2. The van der Waals surface area contributed by atoms with Crippen LogP contribution in [0.3, 0.4) is 0 Å². The lowest BCUT2D eigenvalue weighted by Crippen LogP contribution is -2.56. The van der Waals surface area contributed by atoms with E-state index in [0.29, 0.717) is 12.6 Å². The van der Waals surface area contributed by atoms with Crippen molar-refractivity contribution < 1.29 is 9.59 Å². The van der Waals surface area contributed by atoms with E-state index in [9.17, 15) is 9.59 Å². The molecule has 2 heterocycles. The van der Waals surface area contributed by atoms with E-state index in [1.807, 2.05) is 16.8 Å². The molecule has 0 aromatic carbocycles. The lowest BCUT2D eigenvalue weighted by atomic mass is 9.94. The highest BCUT2D eigenvalue weighted by molar-refractivity contribution is 5.82. The smallest absolute Gasteiger partial charge is 0.239 e. The van der Waals surface area contributed by atoms with Gasteiger partial charge in [0.25, 0.3) is 0 Å². The Morgan fingerprint density at radius 1 is 0.960 bits per heavy atom. The lowest BCUT2D eigenvalue weighted by molar-refractivity contribution is -0.137. The molecule has 1 saturated carbocycles. The van der Waals surface area contributed by atoms with Gasteiger partial charge in [0, 0.05) is 39.3 Å². The van der Waals surface area contributed by atoms with E-state index in [1.54, 1.807) is 0 Å². The number of hydrogen-bond donors (Lipinski definition) is 1. The second-order valence-electron chi connectivity index (χ2n) is 7.90. The van der Waals surface area contributed by atoms with Crippen LogP contribution in [0.1, 0.15) is 51.4 Å². The number of amides is 2. The van der Waals surface area contributed by atoms with E-state index >= 15 is 0 Å². The summed E-state index contributed by atoms with van der Waals surface area (Å²) in [4.78, 5) is 31.3. The molecule has 2 saturated heterocycles. The molecule has 3 fully saturated rings. The number of likely N-dealkylation sites (N-methyl/N-ethyl adjacent to an activating group) is 1. The summed E-state index contributed by atoms with van der Waals surface area (Å²) in [7, 11) is 1.97. The van der Waals surface area contributed by atoms with E-state index in [4.69, 9.17) is 0 Å². The largest absolute Gasteiger partial charge is 0.342 e. The van der Waals surface area contributed by atoms with Crippen molar-refractivity contribution in [3.05, 3.63) is 0 Å². The summed E-state index contributed by atoms with van der Waals surface area (Å²) in [5.74, 6) is 0.491. The molecule has 6 nitrogen and oxygen atoms in total. The van der Waals surface area contributed by atoms with Gasteiger partial charge in [-0.1, -0.05) is 25.7 Å². The van der Waals surface area contributed by atoms with Crippen molar-refractivity contribution in [2.24, 2.45) is 0 Å². The summed E-state index contributed by atoms with van der Waals surface area (Å²) in [6.07, 6.45) is 9.39. The molecular weight excluding hydrogens is 316 g/mol. The Bertz CT molecular complexity index is 450. The average molecular weight is 351 g/mol. The summed E-state index contributed by atoms with van der Waals surface area (Å²) >= 11 is 0. The molecule has 2 amide bonds. The van der Waals surface area contributed by atoms with Crippen LogP contribution >= 0.6 is 0 Å². The monoisotopic (exact) mass is 350 g/mol. The van der Waals surface area contributed by atoms with Crippen LogP contribution in [0.2, 0.25) is 0 Å². The van der Waals surface area contributed by atoms with Gasteiger partial charge >= 0.3 is 0 Å². The number of carbonyl (C=O) groups excluding carboxylic acids is 2. The summed E-state index contributed by atoms with van der Waals surface area (Å²) in [6, 6.07) is 0.445. The zero-order valence-corrected chi connectivity index (χ0v) is 15.7. The Balaban J connectivity index is 1.41. The highest BCUT2D eigenvalue weighted by Gasteiger charge is 2.29. The molecule has 0 radical (unpaired) electrons. The van der Waals surface area contributed by atoms with E-state index in [-0.39, 0.29) is 17.9 Å². The van der Waals surface area contributed by atoms with Crippen molar-refractivity contribution >= 4 is 11.8 Å². The van der Waals surface area contributed by atoms with Crippen LogP contribution in [-0.4, -0.2) is 84.9 Å². The summed E-state index contributed by atoms with van der Waals surface area (Å²) in [6.45, 7) is 4.56. The summed E-state index contributed by atoms with van der Waals surface area (Å²) < 4.78 is 0. The minimum atomic E-state index is 0.0133. The van der Waals surface area contributed by atoms with Crippen molar-refractivity contribution in [2.75, 3.05) is 46.3 Å². The molecule has 1 atom stereocenters. The van der Waals surface area contributed by atoms with Gasteiger partial charge in [-0.2, -0.15) is 0 Å². The Morgan fingerprint density at radius 2 is 1.64 bits per heavy atom. The first-order chi connectivity index (χ1) is 12.1. The number of rotatable bonds is 4. The van der Waals surface area contributed by atoms with Gasteiger partial charge < -0.3 is 15.1 Å². The predicted molar refractivity (Wildman–Crippen MR) is 98.3 cm³/mol. The van der Waals surface area contributed by atoms with Gasteiger partial charge in [0.1, 0.15) is 0 Å². The third-order valence-electron chi connectivity index (χ3n) is 6.17. The minimum absolute atomic E-state index is 0.0133. The van der Waals surface area contributed by atoms with Crippen LogP contribution in [0.15, 0.2) is 0 Å². The number of nitrogens with one attached hydrogen (secondary N) is 1. The molecule has 25 heavy (non-hydrogen) atoms. The molecule has 0 aromatic heterocycles. The van der Waals surface area contributed by atoms with Gasteiger partial charge in [0.05, 0.1) is 12.6 Å². The highest BCUT2D eigenvalue weighted by atomic mass is 16.2. The third kappa shape index (κ3) is 4.94. The van der Waals surface area contributed by atoms with E-state index in [2.05, 4.69) is 10.2 Å². The molecule has 3 rings (SSSR count). The van der Waals surface area contributed by atoms with Crippen molar-refractivity contribution in [3.8, 4) is 0 Å². The minimum Gasteiger partial charge on any atom is -0.342 e. The molecule has 2 aliphatic heterocycles. The topological polar surface area (TPSA) is 55.9 Å². The lowest BCUT2D eigenvalue weighted by Gasteiger charge is -2.38. The zero-order chi connectivity index (χ0) is 17.6. The molecule has 0 unspecified atom stereocenters. The first-order valence-corrected chi connectivity index (χ1v) is 10.2. The van der Waals surface area contributed by atoms with Crippen LogP contribution in [0.25, 0.3) is 0 Å². The van der Waals surface area contributed by atoms with Gasteiger partial charge in [0.15, 0.2) is 0 Å². The molecule has 0 spiro atoms. The standard InChI is InChI=1S/C19H34N4O2/c1-21(16-7-3-2-4-8-16)18(24)15-22-11-13-23(14-12-22)19(25)17-9-5-6-10-20-17/h16-17,20H,2-15H2,1H3/t17-/m1/s1. The normalized spacial score (nSPS) is 26.4. The number of piperazine rings is 1. The van der Waals surface area contributed by atoms with E-state index < -0.39 is 0 Å². The van der Waals surface area contributed by atoms with Crippen LogP contribution in [0, 0.1) is 0 Å². The van der Waals surface area contributed by atoms with Crippen molar-refractivity contribution in [1.29, 1.82) is 0 Å². The quantitative estimate of drug-likeness (QED) is 0.824. The summed E-state index contributed by atoms with van der Waals surface area (Å²) in [5, 5.41) is 3.35. The molecule has 0 aromatic rings. The van der Waals surface area contributed by atoms with Gasteiger partial charge in [-0.3, -0.25) is 14.5 Å². The maximum Gasteiger partial charge on any atom is 0.239 e. The van der Waals surface area contributed by atoms with Crippen molar-refractivity contribution in [2.45, 2.75) is 63.5 Å². The molecule has 3 aliphatic rings. The predicted octanol–water partition coefficient (Wildman–Crippen LogP) is 1.06. The number of hydrogen-bond acceptors (Lipinski definition) is 4. The third-order valence-corrected chi connectivity index (χ3v) is 6.17. The van der Waals surface area contributed by atoms with E-state index in [0.717, 1.165) is 58.4 Å².